The van der Waals surface area contributed by atoms with Gasteiger partial charge in [-0.15, -0.1) is 0 Å². The van der Waals surface area contributed by atoms with Crippen molar-refractivity contribution < 1.29 is 40.4 Å². The second kappa shape index (κ2) is 4.88. The first-order valence-electron chi connectivity index (χ1n) is 4.29. The Kier molecular flexibility index (Phi) is 4.67. The van der Waals surface area contributed by atoms with Gasteiger partial charge in [-0.3, -0.25) is 4.79 Å². The van der Waals surface area contributed by atoms with Crippen LogP contribution < -0.4 is 0 Å². The van der Waals surface area contributed by atoms with Gasteiger partial charge in [0.25, 0.3) is 0 Å². The van der Waals surface area contributed by atoms with Gasteiger partial charge in [-0.05, 0) is 13.8 Å². The lowest BCUT2D eigenvalue weighted by atomic mass is 10.5. The van der Waals surface area contributed by atoms with Crippen LogP contribution in [0, 0.1) is 0 Å². The summed E-state index contributed by atoms with van der Waals surface area (Å²) in [6, 6.07) is 0. The number of hydrogen-bond acceptors (Lipinski definition) is 3. The third-order valence-corrected chi connectivity index (χ3v) is 4.73. The van der Waals surface area contributed by atoms with Crippen LogP contribution in [0.3, 0.4) is 0 Å². The van der Waals surface area contributed by atoms with Gasteiger partial charge in [0.2, 0.25) is 0 Å². The predicted molar refractivity (Wildman–Crippen MR) is 45.8 cm³/mol. The Balaban J connectivity index is 5.53. The summed E-state index contributed by atoms with van der Waals surface area (Å²) in [6.07, 6.45) is 0. The van der Waals surface area contributed by atoms with Crippen molar-refractivity contribution in [3.05, 3.63) is 0 Å². The average molecular weight is 286 g/mol. The minimum Gasteiger partial charge on any atom is -0.465 e. The van der Waals surface area contributed by atoms with Crippen molar-refractivity contribution in [1.29, 1.82) is 0 Å². The van der Waals surface area contributed by atoms with E-state index in [2.05, 4.69) is 4.74 Å². The van der Waals surface area contributed by atoms with Crippen molar-refractivity contribution in [3.63, 3.8) is 0 Å². The molecule has 0 heterocycles. The summed E-state index contributed by atoms with van der Waals surface area (Å²) in [6.45, 7) is 1.09. The summed E-state index contributed by atoms with van der Waals surface area (Å²) < 4.78 is 88.7. The summed E-state index contributed by atoms with van der Waals surface area (Å²) in [4.78, 5) is 10.9. The van der Waals surface area contributed by atoms with Crippen LogP contribution in [0.1, 0.15) is 13.8 Å². The molecular formula is C7H9F6O3P. The topological polar surface area (TPSA) is 43.4 Å². The number of alkyl halides is 6. The monoisotopic (exact) mass is 286 g/mol. The van der Waals surface area contributed by atoms with E-state index in [4.69, 9.17) is 0 Å². The molecule has 0 N–H and O–H groups in total. The molecule has 0 aliphatic carbocycles. The van der Waals surface area contributed by atoms with Gasteiger partial charge in [0.1, 0.15) is 5.66 Å². The second-order valence-corrected chi connectivity index (χ2v) is 6.13. The highest BCUT2D eigenvalue weighted by molar-refractivity contribution is 7.67. The molecule has 1 unspecified atom stereocenters. The Hall–Kier alpha value is -0.720. The summed E-state index contributed by atoms with van der Waals surface area (Å²) in [5.41, 5.74) is -2.80. The fourth-order valence-corrected chi connectivity index (χ4v) is 2.53. The van der Waals surface area contributed by atoms with Crippen LogP contribution in [0.25, 0.3) is 0 Å². The quantitative estimate of drug-likeness (QED) is 0.454. The van der Waals surface area contributed by atoms with Gasteiger partial charge in [-0.2, -0.15) is 26.3 Å². The number of hydrogen-bond donors (Lipinski definition) is 0. The van der Waals surface area contributed by atoms with E-state index in [1.54, 1.807) is 0 Å². The van der Waals surface area contributed by atoms with Crippen LogP contribution in [-0.4, -0.2) is 30.1 Å². The van der Waals surface area contributed by atoms with E-state index in [0.717, 1.165) is 0 Å². The number of rotatable bonds is 3. The van der Waals surface area contributed by atoms with E-state index in [1.165, 1.54) is 6.92 Å². The minimum absolute atomic E-state index is 0.291. The lowest BCUT2D eigenvalue weighted by molar-refractivity contribution is -0.144. The lowest BCUT2D eigenvalue weighted by Gasteiger charge is -2.27. The Morgan fingerprint density at radius 2 is 1.53 bits per heavy atom. The third kappa shape index (κ3) is 2.94. The van der Waals surface area contributed by atoms with E-state index >= 15 is 0 Å². The molecule has 0 bridgehead atoms. The van der Waals surface area contributed by atoms with Gasteiger partial charge in [0, 0.05) is 0 Å². The zero-order valence-electron chi connectivity index (χ0n) is 8.72. The fraction of sp³-hybridized carbons (Fsp3) is 0.857. The Morgan fingerprint density at radius 1 is 1.18 bits per heavy atom. The van der Waals surface area contributed by atoms with Crippen LogP contribution in [0.5, 0.6) is 0 Å². The molecule has 0 amide bonds. The maximum Gasteiger partial charge on any atom is 0.449 e. The van der Waals surface area contributed by atoms with E-state index in [0.29, 0.717) is 6.92 Å². The molecule has 0 aliphatic rings. The van der Waals surface area contributed by atoms with Crippen molar-refractivity contribution in [1.82, 2.24) is 0 Å². The molecule has 102 valence electrons. The first kappa shape index (κ1) is 16.3. The maximum absolute atomic E-state index is 12.3. The van der Waals surface area contributed by atoms with Crippen LogP contribution in [0.2, 0.25) is 0 Å². The van der Waals surface area contributed by atoms with Crippen molar-refractivity contribution in [2.45, 2.75) is 31.3 Å². The highest BCUT2D eigenvalue weighted by Crippen LogP contribution is 2.74. The zero-order valence-corrected chi connectivity index (χ0v) is 9.62. The molecule has 0 fully saturated rings. The third-order valence-electron chi connectivity index (χ3n) is 1.93. The average Bonchev–Trinajstić information content (AvgIpc) is 2.12. The normalized spacial score (nSPS) is 15.5. The number of carbonyl (C=O) groups is 1. The zero-order chi connectivity index (χ0) is 14.1. The Morgan fingerprint density at radius 3 is 1.76 bits per heavy atom. The van der Waals surface area contributed by atoms with Gasteiger partial charge in [-0.1, -0.05) is 0 Å². The standard InChI is InChI=1S/C7H9F6O3P/c1-3-16-5(14)4(2)17(15,6(8,9)10)7(11,12)13/h4H,3H2,1-2H3. The van der Waals surface area contributed by atoms with Crippen molar-refractivity contribution >= 4 is 13.1 Å². The van der Waals surface area contributed by atoms with Crippen LogP contribution >= 0.6 is 7.14 Å². The van der Waals surface area contributed by atoms with Crippen molar-refractivity contribution in [2.75, 3.05) is 6.61 Å². The van der Waals surface area contributed by atoms with Crippen LogP contribution in [0.4, 0.5) is 26.3 Å². The molecule has 0 saturated carbocycles. The predicted octanol–water partition coefficient (Wildman–Crippen LogP) is 3.34. The van der Waals surface area contributed by atoms with E-state index in [9.17, 15) is 35.7 Å². The largest absolute Gasteiger partial charge is 0.465 e. The number of ether oxygens (including phenoxy) is 1. The van der Waals surface area contributed by atoms with Crippen LogP contribution in [-0.2, 0) is 14.1 Å². The molecule has 0 aromatic heterocycles. The lowest BCUT2D eigenvalue weighted by Crippen LogP contribution is -2.34. The number of esters is 1. The Bertz CT molecular complexity index is 315. The maximum atomic E-state index is 12.3. The molecule has 17 heavy (non-hydrogen) atoms. The summed E-state index contributed by atoms with van der Waals surface area (Å²) in [5, 5.41) is 0. The molecule has 0 aromatic carbocycles. The molecule has 0 rings (SSSR count). The molecular weight excluding hydrogens is 277 g/mol. The van der Waals surface area contributed by atoms with Gasteiger partial charge in [-0.25, -0.2) is 0 Å². The molecule has 0 aliphatic heterocycles. The van der Waals surface area contributed by atoms with Gasteiger partial charge in [0.05, 0.1) is 6.61 Å². The molecule has 0 aromatic rings. The summed E-state index contributed by atoms with van der Waals surface area (Å²) in [5.74, 6) is -13.8. The number of carbonyl (C=O) groups excluding carboxylic acids is 1. The molecule has 10 heteroatoms. The van der Waals surface area contributed by atoms with E-state index in [-0.39, 0.29) is 0 Å². The molecule has 3 nitrogen and oxygen atoms in total. The second-order valence-electron chi connectivity index (χ2n) is 3.02. The first-order valence-corrected chi connectivity index (χ1v) is 6.07. The van der Waals surface area contributed by atoms with E-state index in [1.807, 2.05) is 0 Å². The van der Waals surface area contributed by atoms with Gasteiger partial charge < -0.3 is 9.30 Å². The molecule has 0 radical (unpaired) electrons. The van der Waals surface area contributed by atoms with Crippen molar-refractivity contribution in [3.8, 4) is 0 Å². The highest BCUT2D eigenvalue weighted by atomic mass is 31.2. The van der Waals surface area contributed by atoms with E-state index < -0.39 is 37.2 Å². The van der Waals surface area contributed by atoms with Gasteiger partial charge in [0.15, 0.2) is 0 Å². The SMILES string of the molecule is CCOC(=O)C(C)P(=O)(C(F)(F)F)C(F)(F)F. The highest BCUT2D eigenvalue weighted by Gasteiger charge is 2.72. The number of halogens is 6. The Labute approximate surface area is 92.5 Å². The summed E-state index contributed by atoms with van der Waals surface area (Å²) in [7, 11) is -6.74. The minimum atomic E-state index is -6.74. The molecule has 0 saturated heterocycles. The van der Waals surface area contributed by atoms with Crippen LogP contribution in [0.15, 0.2) is 0 Å². The molecule has 1 atom stereocenters. The smallest absolute Gasteiger partial charge is 0.449 e. The summed E-state index contributed by atoms with van der Waals surface area (Å²) >= 11 is 0. The van der Waals surface area contributed by atoms with Gasteiger partial charge >= 0.3 is 24.9 Å². The molecule has 0 spiro atoms. The first-order chi connectivity index (χ1) is 7.39. The fourth-order valence-electron chi connectivity index (χ4n) is 0.994. The van der Waals surface area contributed by atoms with Crippen molar-refractivity contribution in [2.24, 2.45) is 0 Å².